The van der Waals surface area contributed by atoms with Crippen molar-refractivity contribution < 1.29 is 14.7 Å². The highest BCUT2D eigenvalue weighted by atomic mass is 32.1. The molecule has 0 heterocycles. The van der Waals surface area contributed by atoms with Crippen molar-refractivity contribution in [2.45, 2.75) is 18.9 Å². The number of carbonyl (C=O) groups is 2. The van der Waals surface area contributed by atoms with Crippen LogP contribution in [-0.4, -0.2) is 28.8 Å². The van der Waals surface area contributed by atoms with E-state index in [2.05, 4.69) is 24.0 Å². The van der Waals surface area contributed by atoms with Crippen LogP contribution in [0.4, 0.5) is 0 Å². The van der Waals surface area contributed by atoms with Gasteiger partial charge in [-0.3, -0.25) is 9.59 Å². The molecule has 32 heavy (non-hydrogen) atoms. The number of hydrogen-bond acceptors (Lipinski definition) is 4. The van der Waals surface area contributed by atoms with E-state index in [9.17, 15) is 20.0 Å². The topological polar surface area (TPSA) is 90.2 Å². The lowest BCUT2D eigenvalue weighted by Gasteiger charge is -2.20. The summed E-state index contributed by atoms with van der Waals surface area (Å²) >= 11 is 4.32. The van der Waals surface area contributed by atoms with Crippen LogP contribution in [0, 0.1) is 17.2 Å². The van der Waals surface area contributed by atoms with E-state index in [1.807, 2.05) is 60.7 Å². The van der Waals surface area contributed by atoms with E-state index >= 15 is 0 Å². The summed E-state index contributed by atoms with van der Waals surface area (Å²) in [4.78, 5) is 24.6. The number of rotatable bonds is 9. The second-order valence-electron chi connectivity index (χ2n) is 7.53. The average Bonchev–Trinajstić information content (AvgIpc) is 2.82. The lowest BCUT2D eigenvalue weighted by molar-refractivity contribution is -0.147. The second kappa shape index (κ2) is 11.2. The molecule has 2 atom stereocenters. The van der Waals surface area contributed by atoms with Crippen molar-refractivity contribution in [3.8, 4) is 17.2 Å². The number of benzene rings is 3. The van der Waals surface area contributed by atoms with Crippen molar-refractivity contribution in [3.63, 3.8) is 0 Å². The number of carboxylic acid groups (broad SMARTS) is 1. The summed E-state index contributed by atoms with van der Waals surface area (Å²) in [6.07, 6.45) is 0.654. The number of hydrogen-bond donors (Lipinski definition) is 3. The van der Waals surface area contributed by atoms with Gasteiger partial charge in [0.25, 0.3) is 0 Å². The molecule has 0 spiro atoms. The van der Waals surface area contributed by atoms with Crippen molar-refractivity contribution >= 4 is 24.5 Å². The number of aliphatic carboxylic acids is 1. The Bertz CT molecular complexity index is 1110. The molecule has 5 nitrogen and oxygen atoms in total. The summed E-state index contributed by atoms with van der Waals surface area (Å²) in [5.41, 5.74) is 4.02. The monoisotopic (exact) mass is 444 g/mol. The number of nitrogens with one attached hydrogen (secondary N) is 1. The first-order valence-corrected chi connectivity index (χ1v) is 10.9. The van der Waals surface area contributed by atoms with Gasteiger partial charge in [0, 0.05) is 11.8 Å². The Balaban J connectivity index is 1.70. The van der Waals surface area contributed by atoms with Crippen LogP contribution in [0.5, 0.6) is 0 Å². The standard InChI is InChI=1S/C26H24N2O3S/c27-16-21-8-4-5-9-23(21)20-12-10-19(11-13-20)15-24(26(30)31)25(29)28-22(17-32)14-18-6-2-1-3-7-18/h1-13,22,24,32H,14-15,17H2,(H,28,29)(H,30,31). The van der Waals surface area contributed by atoms with Crippen LogP contribution in [0.25, 0.3) is 11.1 Å². The number of carboxylic acids is 1. The molecule has 3 aromatic carbocycles. The minimum absolute atomic E-state index is 0.0754. The van der Waals surface area contributed by atoms with Gasteiger partial charge in [0.05, 0.1) is 11.6 Å². The fourth-order valence-corrected chi connectivity index (χ4v) is 3.76. The highest BCUT2D eigenvalue weighted by Crippen LogP contribution is 2.24. The van der Waals surface area contributed by atoms with E-state index in [4.69, 9.17) is 0 Å². The first-order chi connectivity index (χ1) is 15.5. The van der Waals surface area contributed by atoms with Gasteiger partial charge in [-0.1, -0.05) is 72.8 Å². The summed E-state index contributed by atoms with van der Waals surface area (Å²) < 4.78 is 0. The molecule has 0 aliphatic carbocycles. The van der Waals surface area contributed by atoms with Crippen LogP contribution in [0.15, 0.2) is 78.9 Å². The van der Waals surface area contributed by atoms with Crippen LogP contribution in [0.1, 0.15) is 16.7 Å². The van der Waals surface area contributed by atoms with Crippen molar-refractivity contribution in [2.75, 3.05) is 5.75 Å². The number of carbonyl (C=O) groups excluding carboxylic acids is 1. The van der Waals surface area contributed by atoms with Crippen LogP contribution in [0.3, 0.4) is 0 Å². The summed E-state index contributed by atoms with van der Waals surface area (Å²) in [7, 11) is 0. The fourth-order valence-electron chi connectivity index (χ4n) is 3.54. The molecular formula is C26H24N2O3S. The maximum Gasteiger partial charge on any atom is 0.316 e. The van der Waals surface area contributed by atoms with E-state index in [0.717, 1.165) is 22.3 Å². The molecule has 2 unspecified atom stereocenters. The fraction of sp³-hybridized carbons (Fsp3) is 0.192. The normalized spacial score (nSPS) is 12.4. The van der Waals surface area contributed by atoms with Gasteiger partial charge in [-0.25, -0.2) is 0 Å². The zero-order chi connectivity index (χ0) is 22.9. The summed E-state index contributed by atoms with van der Waals surface area (Å²) in [5, 5.41) is 21.8. The Morgan fingerprint density at radius 1 is 0.906 bits per heavy atom. The molecule has 3 rings (SSSR count). The predicted octanol–water partition coefficient (Wildman–Crippen LogP) is 4.13. The Hall–Kier alpha value is -3.56. The van der Waals surface area contributed by atoms with Gasteiger partial charge in [0.1, 0.15) is 5.92 Å². The molecule has 1 amide bonds. The maximum absolute atomic E-state index is 12.8. The Morgan fingerprint density at radius 3 is 2.16 bits per heavy atom. The largest absolute Gasteiger partial charge is 0.481 e. The van der Waals surface area contributed by atoms with E-state index in [-0.39, 0.29) is 12.5 Å². The number of thiol groups is 1. The van der Waals surface area contributed by atoms with Gasteiger partial charge in [-0.05, 0) is 41.2 Å². The van der Waals surface area contributed by atoms with Crippen molar-refractivity contribution in [1.29, 1.82) is 5.26 Å². The average molecular weight is 445 g/mol. The van der Waals surface area contributed by atoms with Gasteiger partial charge in [-0.15, -0.1) is 0 Å². The van der Waals surface area contributed by atoms with Gasteiger partial charge < -0.3 is 10.4 Å². The van der Waals surface area contributed by atoms with Crippen LogP contribution in [0.2, 0.25) is 0 Å². The molecule has 0 radical (unpaired) electrons. The van der Waals surface area contributed by atoms with Gasteiger partial charge in [0.15, 0.2) is 0 Å². The van der Waals surface area contributed by atoms with E-state index in [1.54, 1.807) is 18.2 Å². The third-order valence-electron chi connectivity index (χ3n) is 5.26. The summed E-state index contributed by atoms with van der Waals surface area (Å²) in [6, 6.07) is 26.2. The minimum atomic E-state index is -1.20. The summed E-state index contributed by atoms with van der Waals surface area (Å²) in [5.74, 6) is -2.49. The molecular weight excluding hydrogens is 420 g/mol. The summed E-state index contributed by atoms with van der Waals surface area (Å²) in [6.45, 7) is 0. The first kappa shape index (κ1) is 23.1. The molecule has 162 valence electrons. The van der Waals surface area contributed by atoms with Crippen LogP contribution < -0.4 is 5.32 Å². The predicted molar refractivity (Wildman–Crippen MR) is 127 cm³/mol. The maximum atomic E-state index is 12.8. The minimum Gasteiger partial charge on any atom is -0.481 e. The number of amides is 1. The number of nitrogens with zero attached hydrogens (tertiary/aromatic N) is 1. The third kappa shape index (κ3) is 5.99. The Kier molecular flexibility index (Phi) is 8.07. The van der Waals surface area contributed by atoms with Gasteiger partial charge in [0.2, 0.25) is 5.91 Å². The third-order valence-corrected chi connectivity index (χ3v) is 5.70. The first-order valence-electron chi connectivity index (χ1n) is 10.3. The molecule has 0 saturated carbocycles. The molecule has 0 aliphatic rings. The van der Waals surface area contributed by atoms with Crippen LogP contribution >= 0.6 is 12.6 Å². The molecule has 6 heteroatoms. The molecule has 0 aromatic heterocycles. The van der Waals surface area contributed by atoms with Crippen molar-refractivity contribution in [3.05, 3.63) is 95.6 Å². The highest BCUT2D eigenvalue weighted by Gasteiger charge is 2.28. The Labute approximate surface area is 193 Å². The molecule has 0 fully saturated rings. The lowest BCUT2D eigenvalue weighted by atomic mass is 9.94. The molecule has 0 bridgehead atoms. The second-order valence-corrected chi connectivity index (χ2v) is 7.89. The van der Waals surface area contributed by atoms with Crippen molar-refractivity contribution in [2.24, 2.45) is 5.92 Å². The van der Waals surface area contributed by atoms with E-state index in [0.29, 0.717) is 17.7 Å². The van der Waals surface area contributed by atoms with E-state index < -0.39 is 17.8 Å². The lowest BCUT2D eigenvalue weighted by Crippen LogP contribution is -2.44. The quantitative estimate of drug-likeness (QED) is 0.342. The molecule has 3 aromatic rings. The number of nitriles is 1. The zero-order valence-corrected chi connectivity index (χ0v) is 18.3. The SMILES string of the molecule is N#Cc1ccccc1-c1ccc(CC(C(=O)O)C(=O)NC(CS)Cc2ccccc2)cc1. The smallest absolute Gasteiger partial charge is 0.316 e. The molecule has 2 N–H and O–H groups in total. The van der Waals surface area contributed by atoms with Crippen LogP contribution in [-0.2, 0) is 22.4 Å². The zero-order valence-electron chi connectivity index (χ0n) is 17.4. The van der Waals surface area contributed by atoms with Gasteiger partial charge >= 0.3 is 5.97 Å². The molecule has 0 saturated heterocycles. The highest BCUT2D eigenvalue weighted by molar-refractivity contribution is 7.80. The Morgan fingerprint density at radius 2 is 1.53 bits per heavy atom. The molecule has 0 aliphatic heterocycles. The van der Waals surface area contributed by atoms with E-state index in [1.165, 1.54) is 0 Å². The van der Waals surface area contributed by atoms with Crippen molar-refractivity contribution in [1.82, 2.24) is 5.32 Å². The van der Waals surface area contributed by atoms with Gasteiger partial charge in [-0.2, -0.15) is 17.9 Å².